The van der Waals surface area contributed by atoms with E-state index in [1.54, 1.807) is 6.20 Å². The highest BCUT2D eigenvalue weighted by atomic mass is 16.5. The molecule has 116 valence electrons. The van der Waals surface area contributed by atoms with Gasteiger partial charge in [-0.05, 0) is 30.7 Å². The van der Waals surface area contributed by atoms with Crippen LogP contribution in [0.4, 0.5) is 0 Å². The first kappa shape index (κ1) is 15.0. The normalized spacial score (nSPS) is 19.0. The summed E-state index contributed by atoms with van der Waals surface area (Å²) in [5.74, 6) is 0.904. The third kappa shape index (κ3) is 4.29. The van der Waals surface area contributed by atoms with E-state index < -0.39 is 0 Å². The molecule has 2 aromatic rings. The predicted octanol–water partition coefficient (Wildman–Crippen LogP) is 2.45. The van der Waals surface area contributed by atoms with Gasteiger partial charge >= 0.3 is 0 Å². The Morgan fingerprint density at radius 2 is 2.09 bits per heavy atom. The molecule has 4 nitrogen and oxygen atoms in total. The van der Waals surface area contributed by atoms with Crippen molar-refractivity contribution in [2.45, 2.75) is 26.1 Å². The molecule has 0 spiro atoms. The maximum absolute atomic E-state index is 5.79. The van der Waals surface area contributed by atoms with Crippen LogP contribution in [0.15, 0.2) is 48.8 Å². The summed E-state index contributed by atoms with van der Waals surface area (Å²) in [4.78, 5) is 6.58. The Morgan fingerprint density at radius 1 is 1.23 bits per heavy atom. The van der Waals surface area contributed by atoms with Gasteiger partial charge in [-0.1, -0.05) is 18.2 Å². The van der Waals surface area contributed by atoms with Gasteiger partial charge in [0.2, 0.25) is 0 Å². The zero-order valence-corrected chi connectivity index (χ0v) is 13.0. The number of nitrogens with zero attached hydrogens (tertiary/aromatic N) is 2. The molecule has 1 N–H and O–H groups in total. The fourth-order valence-electron chi connectivity index (χ4n) is 2.76. The van der Waals surface area contributed by atoms with Gasteiger partial charge in [-0.25, -0.2) is 0 Å². The van der Waals surface area contributed by atoms with Crippen molar-refractivity contribution < 1.29 is 4.74 Å². The molecule has 1 aliphatic heterocycles. The van der Waals surface area contributed by atoms with Crippen molar-refractivity contribution in [2.24, 2.45) is 0 Å². The molecule has 1 aromatic carbocycles. The maximum Gasteiger partial charge on any atom is 0.119 e. The van der Waals surface area contributed by atoms with Gasteiger partial charge in [0.25, 0.3) is 0 Å². The molecule has 2 heterocycles. The molecule has 0 unspecified atom stereocenters. The number of hydrogen-bond acceptors (Lipinski definition) is 4. The van der Waals surface area contributed by atoms with E-state index in [0.29, 0.717) is 12.6 Å². The lowest BCUT2D eigenvalue weighted by molar-refractivity contribution is 0.199. The number of ether oxygens (including phenoxy) is 1. The average molecular weight is 297 g/mol. The van der Waals surface area contributed by atoms with Crippen LogP contribution in [-0.4, -0.2) is 35.6 Å². The lowest BCUT2D eigenvalue weighted by atomic mass is 10.1. The molecule has 4 heteroatoms. The summed E-state index contributed by atoms with van der Waals surface area (Å²) < 4.78 is 5.79. The Balaban J connectivity index is 1.51. The Labute approximate surface area is 132 Å². The first-order chi connectivity index (χ1) is 10.8. The minimum Gasteiger partial charge on any atom is -0.489 e. The molecule has 1 atom stereocenters. The summed E-state index contributed by atoms with van der Waals surface area (Å²) in [5.41, 5.74) is 2.42. The van der Waals surface area contributed by atoms with E-state index in [9.17, 15) is 0 Å². The third-order valence-corrected chi connectivity index (χ3v) is 3.91. The van der Waals surface area contributed by atoms with Gasteiger partial charge in [-0.3, -0.25) is 9.88 Å². The van der Waals surface area contributed by atoms with E-state index in [1.165, 1.54) is 5.56 Å². The van der Waals surface area contributed by atoms with Crippen LogP contribution in [0.25, 0.3) is 0 Å². The summed E-state index contributed by atoms with van der Waals surface area (Å²) in [7, 11) is 0. The lowest BCUT2D eigenvalue weighted by Crippen LogP contribution is -2.48. The fourth-order valence-corrected chi connectivity index (χ4v) is 2.76. The van der Waals surface area contributed by atoms with Gasteiger partial charge in [0.05, 0.1) is 0 Å². The highest BCUT2D eigenvalue weighted by molar-refractivity contribution is 5.27. The van der Waals surface area contributed by atoms with Crippen LogP contribution in [-0.2, 0) is 13.2 Å². The summed E-state index contributed by atoms with van der Waals surface area (Å²) in [6.07, 6.45) is 3.61. The van der Waals surface area contributed by atoms with Gasteiger partial charge in [-0.15, -0.1) is 0 Å². The van der Waals surface area contributed by atoms with E-state index in [2.05, 4.69) is 46.4 Å². The second-order valence-electron chi connectivity index (χ2n) is 5.88. The van der Waals surface area contributed by atoms with Gasteiger partial charge in [0, 0.05) is 50.2 Å². The number of piperazine rings is 1. The Kier molecular flexibility index (Phi) is 5.03. The first-order valence-electron chi connectivity index (χ1n) is 7.86. The molecule has 1 saturated heterocycles. The molecule has 0 amide bonds. The summed E-state index contributed by atoms with van der Waals surface area (Å²) in [6, 6.07) is 12.9. The molecule has 1 fully saturated rings. The monoisotopic (exact) mass is 297 g/mol. The second kappa shape index (κ2) is 7.38. The molecule has 1 aliphatic rings. The zero-order chi connectivity index (χ0) is 15.2. The van der Waals surface area contributed by atoms with E-state index in [4.69, 9.17) is 4.74 Å². The van der Waals surface area contributed by atoms with Crippen molar-refractivity contribution in [1.29, 1.82) is 0 Å². The summed E-state index contributed by atoms with van der Waals surface area (Å²) in [6.45, 7) is 7.11. The van der Waals surface area contributed by atoms with Crippen LogP contribution < -0.4 is 10.1 Å². The molecule has 22 heavy (non-hydrogen) atoms. The Morgan fingerprint density at radius 3 is 2.82 bits per heavy atom. The van der Waals surface area contributed by atoms with Crippen molar-refractivity contribution >= 4 is 0 Å². The highest BCUT2D eigenvalue weighted by Gasteiger charge is 2.15. The largest absolute Gasteiger partial charge is 0.489 e. The molecule has 0 bridgehead atoms. The van der Waals surface area contributed by atoms with Crippen molar-refractivity contribution in [3.63, 3.8) is 0 Å². The minimum atomic E-state index is 0.558. The maximum atomic E-state index is 5.79. The third-order valence-electron chi connectivity index (χ3n) is 3.91. The van der Waals surface area contributed by atoms with Crippen LogP contribution in [0.5, 0.6) is 5.75 Å². The minimum absolute atomic E-state index is 0.558. The van der Waals surface area contributed by atoms with Crippen molar-refractivity contribution in [2.75, 3.05) is 19.6 Å². The molecular formula is C18H23N3O. The molecular weight excluding hydrogens is 274 g/mol. The smallest absolute Gasteiger partial charge is 0.119 e. The lowest BCUT2D eigenvalue weighted by Gasteiger charge is -2.31. The van der Waals surface area contributed by atoms with Crippen LogP contribution in [0.1, 0.15) is 18.1 Å². The van der Waals surface area contributed by atoms with Crippen molar-refractivity contribution in [3.05, 3.63) is 59.9 Å². The number of nitrogens with one attached hydrogen (secondary N) is 1. The van der Waals surface area contributed by atoms with Gasteiger partial charge in [0.1, 0.15) is 12.4 Å². The average Bonchev–Trinajstić information content (AvgIpc) is 2.55. The Hall–Kier alpha value is -1.91. The predicted molar refractivity (Wildman–Crippen MR) is 87.8 cm³/mol. The van der Waals surface area contributed by atoms with Crippen molar-refractivity contribution in [3.8, 4) is 5.75 Å². The van der Waals surface area contributed by atoms with Crippen molar-refractivity contribution in [1.82, 2.24) is 15.2 Å². The molecule has 1 aromatic heterocycles. The van der Waals surface area contributed by atoms with Crippen LogP contribution in [0.2, 0.25) is 0 Å². The number of hydrogen-bond donors (Lipinski definition) is 1. The van der Waals surface area contributed by atoms with Crippen LogP contribution in [0.3, 0.4) is 0 Å². The summed E-state index contributed by atoms with van der Waals surface area (Å²) >= 11 is 0. The van der Waals surface area contributed by atoms with E-state index in [0.717, 1.165) is 37.5 Å². The second-order valence-corrected chi connectivity index (χ2v) is 5.88. The van der Waals surface area contributed by atoms with Gasteiger partial charge < -0.3 is 10.1 Å². The summed E-state index contributed by atoms with van der Waals surface area (Å²) in [5, 5.41) is 3.47. The number of rotatable bonds is 5. The van der Waals surface area contributed by atoms with E-state index in [1.807, 2.05) is 18.3 Å². The van der Waals surface area contributed by atoms with E-state index in [-0.39, 0.29) is 0 Å². The Bertz CT molecular complexity index is 571. The molecule has 0 saturated carbocycles. The SMILES string of the molecule is C[C@H]1CN(Cc2ccc(OCc3cccnc3)cc2)CCN1. The van der Waals surface area contributed by atoms with Gasteiger partial charge in [-0.2, -0.15) is 0 Å². The van der Waals surface area contributed by atoms with Crippen LogP contribution in [0, 0.1) is 0 Å². The first-order valence-corrected chi connectivity index (χ1v) is 7.86. The fraction of sp³-hybridized carbons (Fsp3) is 0.389. The molecule has 3 rings (SSSR count). The van der Waals surface area contributed by atoms with Crippen LogP contribution >= 0.6 is 0 Å². The number of aromatic nitrogens is 1. The quantitative estimate of drug-likeness (QED) is 0.920. The zero-order valence-electron chi connectivity index (χ0n) is 13.0. The topological polar surface area (TPSA) is 37.4 Å². The standard InChI is InChI=1S/C18H23N3O/c1-15-12-21(10-9-20-15)13-16-4-6-18(7-5-16)22-14-17-3-2-8-19-11-17/h2-8,11,15,20H,9-10,12-14H2,1H3/t15-/m0/s1. The van der Waals surface area contributed by atoms with E-state index >= 15 is 0 Å². The number of pyridine rings is 1. The molecule has 0 aliphatic carbocycles. The highest BCUT2D eigenvalue weighted by Crippen LogP contribution is 2.16. The molecule has 0 radical (unpaired) electrons. The van der Waals surface area contributed by atoms with Gasteiger partial charge in [0.15, 0.2) is 0 Å². The number of benzene rings is 1.